The lowest BCUT2D eigenvalue weighted by Crippen LogP contribution is -2.37. The van der Waals surface area contributed by atoms with Crippen molar-refractivity contribution in [3.63, 3.8) is 0 Å². The van der Waals surface area contributed by atoms with Crippen molar-refractivity contribution in [2.45, 2.75) is 84.1 Å². The predicted molar refractivity (Wildman–Crippen MR) is 122 cm³/mol. The number of thiophene rings is 1. The van der Waals surface area contributed by atoms with E-state index < -0.39 is 17.8 Å². The zero-order valence-electron chi connectivity index (χ0n) is 18.4. The molecule has 31 heavy (non-hydrogen) atoms. The minimum absolute atomic E-state index is 0.0908. The Bertz CT molecular complexity index is 926. The lowest BCUT2D eigenvalue weighted by Gasteiger charge is -2.29. The molecular weight excluding hydrogens is 412 g/mol. The van der Waals surface area contributed by atoms with Crippen molar-refractivity contribution < 1.29 is 19.5 Å². The number of hydrogen-bond donors (Lipinski definition) is 3. The summed E-state index contributed by atoms with van der Waals surface area (Å²) in [5.74, 6) is -2.66. The van der Waals surface area contributed by atoms with E-state index in [1.165, 1.54) is 16.2 Å². The van der Waals surface area contributed by atoms with Gasteiger partial charge in [0.05, 0.1) is 17.4 Å². The van der Waals surface area contributed by atoms with E-state index in [1.54, 1.807) is 0 Å². The Labute approximate surface area is 187 Å². The Morgan fingerprint density at radius 2 is 1.58 bits per heavy atom. The third kappa shape index (κ3) is 4.56. The van der Waals surface area contributed by atoms with Crippen LogP contribution in [0.15, 0.2) is 11.1 Å². The molecule has 0 saturated heterocycles. The number of aliphatic carboxylic acids is 1. The summed E-state index contributed by atoms with van der Waals surface area (Å²) in [5, 5.41) is 16.5. The number of rotatable bonds is 5. The van der Waals surface area contributed by atoms with Gasteiger partial charge in [0.1, 0.15) is 5.00 Å². The zero-order chi connectivity index (χ0) is 22.1. The molecule has 0 radical (unpaired) electrons. The fourth-order valence-electron chi connectivity index (χ4n) is 5.25. The van der Waals surface area contributed by atoms with Gasteiger partial charge in [0.25, 0.3) is 5.91 Å². The molecule has 0 aliphatic heterocycles. The molecule has 1 fully saturated rings. The van der Waals surface area contributed by atoms with E-state index in [9.17, 15) is 19.5 Å². The van der Waals surface area contributed by atoms with Gasteiger partial charge in [-0.05, 0) is 70.8 Å². The Morgan fingerprint density at radius 1 is 0.935 bits per heavy atom. The molecule has 3 N–H and O–H groups in total. The molecule has 7 heteroatoms. The average Bonchev–Trinajstić information content (AvgIpc) is 3.36. The van der Waals surface area contributed by atoms with Gasteiger partial charge in [-0.3, -0.25) is 14.4 Å². The molecule has 1 aromatic rings. The number of hydrogen-bond acceptors (Lipinski definition) is 4. The highest BCUT2D eigenvalue weighted by molar-refractivity contribution is 7.17. The number of fused-ring (bicyclic) bond motifs is 1. The second-order valence-corrected chi connectivity index (χ2v) is 10.5. The normalized spacial score (nSPS) is 24.1. The van der Waals surface area contributed by atoms with Gasteiger partial charge < -0.3 is 15.7 Å². The highest BCUT2D eigenvalue weighted by atomic mass is 32.1. The van der Waals surface area contributed by atoms with Crippen LogP contribution in [0.4, 0.5) is 5.00 Å². The van der Waals surface area contributed by atoms with E-state index in [1.807, 2.05) is 13.8 Å². The topological polar surface area (TPSA) is 95.5 Å². The number of aryl methyl sites for hydroxylation is 1. The predicted octanol–water partition coefficient (Wildman–Crippen LogP) is 4.69. The highest BCUT2D eigenvalue weighted by Gasteiger charge is 2.38. The SMILES string of the molecule is CC1=C(C)CC(C(=O)Nc2sc3c(c2C(=O)NC2CCCC2)CCCC3)C(C(=O)O)C1. The largest absolute Gasteiger partial charge is 0.481 e. The number of carboxylic acids is 1. The maximum Gasteiger partial charge on any atom is 0.307 e. The van der Waals surface area contributed by atoms with Crippen LogP contribution in [0.25, 0.3) is 0 Å². The molecule has 0 spiro atoms. The van der Waals surface area contributed by atoms with Gasteiger partial charge in [-0.2, -0.15) is 0 Å². The Kier molecular flexibility index (Phi) is 6.51. The first-order chi connectivity index (χ1) is 14.8. The van der Waals surface area contributed by atoms with E-state index in [0.29, 0.717) is 23.4 Å². The quantitative estimate of drug-likeness (QED) is 0.574. The fourth-order valence-corrected chi connectivity index (χ4v) is 6.54. The Hall–Kier alpha value is -2.15. The minimum atomic E-state index is -0.934. The molecule has 1 saturated carbocycles. The number of amides is 2. The second-order valence-electron chi connectivity index (χ2n) is 9.38. The van der Waals surface area contributed by atoms with Crippen LogP contribution in [0, 0.1) is 11.8 Å². The van der Waals surface area contributed by atoms with E-state index in [4.69, 9.17) is 0 Å². The zero-order valence-corrected chi connectivity index (χ0v) is 19.2. The Balaban J connectivity index is 1.60. The van der Waals surface area contributed by atoms with Crippen LogP contribution in [0.2, 0.25) is 0 Å². The van der Waals surface area contributed by atoms with Gasteiger partial charge in [-0.15, -0.1) is 11.3 Å². The molecule has 0 bridgehead atoms. The molecule has 2 amide bonds. The van der Waals surface area contributed by atoms with Crippen molar-refractivity contribution in [1.29, 1.82) is 0 Å². The van der Waals surface area contributed by atoms with E-state index in [-0.39, 0.29) is 17.9 Å². The summed E-state index contributed by atoms with van der Waals surface area (Å²) in [5.41, 5.74) is 3.83. The molecule has 4 rings (SSSR count). The standard InChI is InChI=1S/C24H32N2O4S/c1-13-11-17(18(24(29)30)12-14(13)2)21(27)26-23-20(16-9-5-6-10-19(16)31-23)22(28)25-15-7-3-4-8-15/h15,17-18H,3-12H2,1-2H3,(H,25,28)(H,26,27)(H,29,30). The third-order valence-electron chi connectivity index (χ3n) is 7.25. The van der Waals surface area contributed by atoms with Crippen LogP contribution in [0.3, 0.4) is 0 Å². The summed E-state index contributed by atoms with van der Waals surface area (Å²) in [6.45, 7) is 3.91. The molecule has 1 aromatic heterocycles. The Morgan fingerprint density at radius 3 is 2.26 bits per heavy atom. The number of nitrogens with one attached hydrogen (secondary N) is 2. The summed E-state index contributed by atoms with van der Waals surface area (Å²) < 4.78 is 0. The van der Waals surface area contributed by atoms with Gasteiger partial charge >= 0.3 is 5.97 Å². The van der Waals surface area contributed by atoms with Crippen molar-refractivity contribution in [1.82, 2.24) is 5.32 Å². The van der Waals surface area contributed by atoms with Crippen LogP contribution < -0.4 is 10.6 Å². The van der Waals surface area contributed by atoms with Crippen molar-refractivity contribution in [2.24, 2.45) is 11.8 Å². The average molecular weight is 445 g/mol. The summed E-state index contributed by atoms with van der Waals surface area (Å²) >= 11 is 1.50. The summed E-state index contributed by atoms with van der Waals surface area (Å²) in [4.78, 5) is 39.5. The first-order valence-corrected chi connectivity index (χ1v) is 12.3. The van der Waals surface area contributed by atoms with Crippen LogP contribution in [0.1, 0.15) is 86.0 Å². The molecule has 168 valence electrons. The molecule has 6 nitrogen and oxygen atoms in total. The highest BCUT2D eigenvalue weighted by Crippen LogP contribution is 2.40. The van der Waals surface area contributed by atoms with Crippen LogP contribution >= 0.6 is 11.3 Å². The van der Waals surface area contributed by atoms with E-state index in [2.05, 4.69) is 10.6 Å². The second kappa shape index (κ2) is 9.15. The smallest absolute Gasteiger partial charge is 0.307 e. The number of anilines is 1. The number of carbonyl (C=O) groups excluding carboxylic acids is 2. The molecule has 2 atom stereocenters. The van der Waals surface area contributed by atoms with E-state index in [0.717, 1.165) is 68.1 Å². The first kappa shape index (κ1) is 22.1. The van der Waals surface area contributed by atoms with Gasteiger partial charge in [-0.1, -0.05) is 24.0 Å². The lowest BCUT2D eigenvalue weighted by atomic mass is 9.76. The van der Waals surface area contributed by atoms with Crippen molar-refractivity contribution in [2.75, 3.05) is 5.32 Å². The van der Waals surface area contributed by atoms with Crippen LogP contribution in [-0.4, -0.2) is 28.9 Å². The van der Waals surface area contributed by atoms with Gasteiger partial charge in [0.15, 0.2) is 0 Å². The minimum Gasteiger partial charge on any atom is -0.481 e. The maximum absolute atomic E-state index is 13.2. The van der Waals surface area contributed by atoms with Gasteiger partial charge in [0.2, 0.25) is 5.91 Å². The molecule has 2 unspecified atom stereocenters. The number of carbonyl (C=O) groups is 3. The van der Waals surface area contributed by atoms with Crippen molar-refractivity contribution in [3.8, 4) is 0 Å². The van der Waals surface area contributed by atoms with Crippen LogP contribution in [-0.2, 0) is 22.4 Å². The molecular formula is C24H32N2O4S. The van der Waals surface area contributed by atoms with E-state index >= 15 is 0 Å². The first-order valence-electron chi connectivity index (χ1n) is 11.5. The van der Waals surface area contributed by atoms with Gasteiger partial charge in [-0.25, -0.2) is 0 Å². The monoisotopic (exact) mass is 444 g/mol. The fraction of sp³-hybridized carbons (Fsp3) is 0.625. The van der Waals surface area contributed by atoms with Crippen molar-refractivity contribution in [3.05, 3.63) is 27.2 Å². The number of allylic oxidation sites excluding steroid dienone is 2. The van der Waals surface area contributed by atoms with Gasteiger partial charge in [0, 0.05) is 10.9 Å². The number of carboxylic acid groups (broad SMARTS) is 1. The molecule has 3 aliphatic rings. The molecule has 0 aromatic carbocycles. The molecule has 3 aliphatic carbocycles. The molecule has 1 heterocycles. The van der Waals surface area contributed by atoms with Crippen molar-refractivity contribution >= 4 is 34.1 Å². The van der Waals surface area contributed by atoms with Crippen LogP contribution in [0.5, 0.6) is 0 Å². The summed E-state index contributed by atoms with van der Waals surface area (Å²) in [6, 6.07) is 0.209. The maximum atomic E-state index is 13.2. The lowest BCUT2D eigenvalue weighted by molar-refractivity contribution is -0.146. The summed E-state index contributed by atoms with van der Waals surface area (Å²) in [7, 11) is 0. The third-order valence-corrected chi connectivity index (χ3v) is 8.45. The summed E-state index contributed by atoms with van der Waals surface area (Å²) in [6.07, 6.45) is 9.07.